The van der Waals surface area contributed by atoms with Crippen LogP contribution in [0, 0.1) is 12.3 Å². The van der Waals surface area contributed by atoms with Gasteiger partial charge in [0, 0.05) is 6.92 Å². The van der Waals surface area contributed by atoms with Crippen LogP contribution in [-0.2, 0) is 14.3 Å². The number of rotatable bonds is 4. The highest BCUT2D eigenvalue weighted by Gasteiger charge is 2.45. The van der Waals surface area contributed by atoms with Crippen molar-refractivity contribution in [1.29, 1.82) is 0 Å². The molecule has 0 spiro atoms. The Bertz CT molecular complexity index is 328. The number of ether oxygens (including phenoxy) is 2. The van der Waals surface area contributed by atoms with E-state index in [0.717, 1.165) is 0 Å². The van der Waals surface area contributed by atoms with Gasteiger partial charge >= 0.3 is 0 Å². The van der Waals surface area contributed by atoms with Gasteiger partial charge in [-0.3, -0.25) is 4.79 Å². The molecule has 5 atom stereocenters. The van der Waals surface area contributed by atoms with Crippen molar-refractivity contribution in [2.24, 2.45) is 0 Å². The summed E-state index contributed by atoms with van der Waals surface area (Å²) in [4.78, 5) is 11.0. The molecule has 0 unspecified atom stereocenters. The van der Waals surface area contributed by atoms with Crippen LogP contribution in [0.3, 0.4) is 0 Å². The summed E-state index contributed by atoms with van der Waals surface area (Å²) in [6, 6.07) is -0.950. The van der Waals surface area contributed by atoms with E-state index in [1.165, 1.54) is 6.92 Å². The molecule has 0 aromatic rings. The third kappa shape index (κ3) is 3.41. The fourth-order valence-corrected chi connectivity index (χ4v) is 1.74. The Labute approximate surface area is 105 Å². The van der Waals surface area contributed by atoms with Crippen LogP contribution in [0.2, 0.25) is 0 Å². The largest absolute Gasteiger partial charge is 0.394 e. The van der Waals surface area contributed by atoms with Gasteiger partial charge in [0.25, 0.3) is 0 Å². The first-order valence-electron chi connectivity index (χ1n) is 5.46. The maximum absolute atomic E-state index is 11.0. The molecular formula is C11H17NO6. The highest BCUT2D eigenvalue weighted by atomic mass is 16.7. The van der Waals surface area contributed by atoms with Gasteiger partial charge in [-0.15, -0.1) is 6.42 Å². The lowest BCUT2D eigenvalue weighted by Crippen LogP contribution is -2.64. The Hall–Kier alpha value is -1.17. The molecule has 0 aliphatic carbocycles. The summed E-state index contributed by atoms with van der Waals surface area (Å²) in [5, 5.41) is 31.0. The van der Waals surface area contributed by atoms with Crippen LogP contribution in [0.25, 0.3) is 0 Å². The number of carbonyl (C=O) groups is 1. The van der Waals surface area contributed by atoms with E-state index in [-0.39, 0.29) is 6.61 Å². The van der Waals surface area contributed by atoms with Crippen LogP contribution >= 0.6 is 0 Å². The summed E-state index contributed by atoms with van der Waals surface area (Å²) in [5.74, 6) is 1.82. The van der Waals surface area contributed by atoms with Crippen molar-refractivity contribution in [3.8, 4) is 12.3 Å². The highest BCUT2D eigenvalue weighted by Crippen LogP contribution is 2.21. The average Bonchev–Trinajstić information content (AvgIpc) is 2.33. The first-order valence-corrected chi connectivity index (χ1v) is 5.46. The van der Waals surface area contributed by atoms with Crippen molar-refractivity contribution in [2.75, 3.05) is 13.2 Å². The van der Waals surface area contributed by atoms with Crippen molar-refractivity contribution in [3.63, 3.8) is 0 Å². The van der Waals surface area contributed by atoms with Crippen molar-refractivity contribution < 1.29 is 29.6 Å². The maximum Gasteiger partial charge on any atom is 0.217 e. The molecule has 1 saturated heterocycles. The van der Waals surface area contributed by atoms with Gasteiger partial charge in [0.15, 0.2) is 6.29 Å². The molecule has 1 fully saturated rings. The number of nitrogens with one attached hydrogen (secondary N) is 1. The molecule has 0 aromatic carbocycles. The lowest BCUT2D eigenvalue weighted by molar-refractivity contribution is -0.266. The summed E-state index contributed by atoms with van der Waals surface area (Å²) in [7, 11) is 0. The zero-order chi connectivity index (χ0) is 13.7. The smallest absolute Gasteiger partial charge is 0.217 e. The summed E-state index contributed by atoms with van der Waals surface area (Å²) in [5.41, 5.74) is 0. The van der Waals surface area contributed by atoms with E-state index in [1.54, 1.807) is 0 Å². The minimum absolute atomic E-state index is 0.0816. The Morgan fingerprint density at radius 2 is 2.17 bits per heavy atom. The molecule has 0 radical (unpaired) electrons. The Kier molecular flexibility index (Phi) is 5.53. The molecule has 102 valence electrons. The van der Waals surface area contributed by atoms with Crippen LogP contribution in [0.5, 0.6) is 0 Å². The molecule has 1 rings (SSSR count). The molecule has 7 nitrogen and oxygen atoms in total. The summed E-state index contributed by atoms with van der Waals surface area (Å²) in [6.07, 6.45) is 0.383. The number of amides is 1. The number of hydrogen-bond acceptors (Lipinski definition) is 6. The highest BCUT2D eigenvalue weighted by molar-refractivity contribution is 5.73. The third-order valence-corrected chi connectivity index (χ3v) is 2.58. The van der Waals surface area contributed by atoms with Gasteiger partial charge < -0.3 is 30.1 Å². The minimum Gasteiger partial charge on any atom is -0.394 e. The first-order chi connectivity index (χ1) is 8.51. The first kappa shape index (κ1) is 14.9. The second-order valence-corrected chi connectivity index (χ2v) is 3.95. The molecule has 1 heterocycles. The van der Waals surface area contributed by atoms with Crippen LogP contribution in [0.15, 0.2) is 0 Å². The monoisotopic (exact) mass is 259 g/mol. The zero-order valence-corrected chi connectivity index (χ0v) is 9.94. The van der Waals surface area contributed by atoms with Gasteiger partial charge in [-0.05, 0) is 0 Å². The second kappa shape index (κ2) is 6.68. The average molecular weight is 259 g/mol. The van der Waals surface area contributed by atoms with Crippen LogP contribution < -0.4 is 5.32 Å². The quantitative estimate of drug-likeness (QED) is 0.418. The van der Waals surface area contributed by atoms with Gasteiger partial charge in [0.1, 0.15) is 31.0 Å². The van der Waals surface area contributed by atoms with E-state index in [9.17, 15) is 15.0 Å². The lowest BCUT2D eigenvalue weighted by Gasteiger charge is -2.41. The van der Waals surface area contributed by atoms with Crippen molar-refractivity contribution in [1.82, 2.24) is 5.32 Å². The predicted octanol–water partition coefficient (Wildman–Crippen LogP) is -2.42. The fraction of sp³-hybridized carbons (Fsp3) is 0.727. The molecular weight excluding hydrogens is 242 g/mol. The molecule has 0 saturated carbocycles. The normalized spacial score (nSPS) is 35.8. The zero-order valence-electron chi connectivity index (χ0n) is 9.94. The molecule has 18 heavy (non-hydrogen) atoms. The lowest BCUT2D eigenvalue weighted by atomic mass is 9.97. The topological polar surface area (TPSA) is 108 Å². The minimum atomic E-state index is -1.32. The van der Waals surface area contributed by atoms with Gasteiger partial charge in [0.2, 0.25) is 5.91 Å². The standard InChI is InChI=1S/C11H17NO6/c1-3-4-17-11-8(12-6(2)14)10(16)9(15)7(5-13)18-11/h1,7-11,13,15-16H,4-5H2,2H3,(H,12,14)/t7-,8-,9+,10-,11+/m1/s1. The van der Waals surface area contributed by atoms with Gasteiger partial charge in [-0.25, -0.2) is 0 Å². The van der Waals surface area contributed by atoms with Gasteiger partial charge in [-0.2, -0.15) is 0 Å². The maximum atomic E-state index is 11.0. The summed E-state index contributed by atoms with van der Waals surface area (Å²) >= 11 is 0. The molecule has 1 amide bonds. The third-order valence-electron chi connectivity index (χ3n) is 2.58. The number of hydrogen-bond donors (Lipinski definition) is 4. The Balaban J connectivity index is 2.80. The van der Waals surface area contributed by atoms with Crippen molar-refractivity contribution in [2.45, 2.75) is 37.6 Å². The molecule has 0 bridgehead atoms. The van der Waals surface area contributed by atoms with E-state index in [4.69, 9.17) is 21.0 Å². The van der Waals surface area contributed by atoms with Gasteiger partial charge in [0.05, 0.1) is 6.61 Å². The van der Waals surface area contributed by atoms with E-state index >= 15 is 0 Å². The van der Waals surface area contributed by atoms with E-state index in [2.05, 4.69) is 11.2 Å². The summed E-state index contributed by atoms with van der Waals surface area (Å²) in [6.45, 7) is 0.693. The van der Waals surface area contributed by atoms with Crippen LogP contribution in [-0.4, -0.2) is 65.1 Å². The Morgan fingerprint density at radius 1 is 1.50 bits per heavy atom. The molecule has 0 aromatic heterocycles. The predicted molar refractivity (Wildman–Crippen MR) is 60.2 cm³/mol. The fourth-order valence-electron chi connectivity index (χ4n) is 1.74. The van der Waals surface area contributed by atoms with E-state index in [1.807, 2.05) is 0 Å². The molecule has 4 N–H and O–H groups in total. The second-order valence-electron chi connectivity index (χ2n) is 3.95. The number of aliphatic hydroxyl groups excluding tert-OH is 3. The van der Waals surface area contributed by atoms with Gasteiger partial charge in [-0.1, -0.05) is 5.92 Å². The SMILES string of the molecule is C#CCO[C@H]1O[C@H](CO)[C@H](O)[C@H](O)[C@H]1NC(C)=O. The van der Waals surface area contributed by atoms with Crippen LogP contribution in [0.1, 0.15) is 6.92 Å². The molecule has 7 heteroatoms. The number of terminal acetylenes is 1. The van der Waals surface area contributed by atoms with Crippen molar-refractivity contribution >= 4 is 5.91 Å². The molecule has 1 aliphatic rings. The number of carbonyl (C=O) groups excluding carboxylic acids is 1. The van der Waals surface area contributed by atoms with Crippen molar-refractivity contribution in [3.05, 3.63) is 0 Å². The number of aliphatic hydroxyl groups is 3. The van der Waals surface area contributed by atoms with E-state index in [0.29, 0.717) is 0 Å². The van der Waals surface area contributed by atoms with Crippen LogP contribution in [0.4, 0.5) is 0 Å². The van der Waals surface area contributed by atoms with E-state index < -0.39 is 43.2 Å². The Morgan fingerprint density at radius 3 is 2.67 bits per heavy atom. The summed E-state index contributed by atoms with van der Waals surface area (Å²) < 4.78 is 10.4. The molecule has 1 aliphatic heterocycles.